The summed E-state index contributed by atoms with van der Waals surface area (Å²) in [6.07, 6.45) is 1.76. The van der Waals surface area contributed by atoms with Gasteiger partial charge in [0.15, 0.2) is 0 Å². The van der Waals surface area contributed by atoms with Gasteiger partial charge in [0.25, 0.3) is 0 Å². The van der Waals surface area contributed by atoms with Crippen LogP contribution in [0.25, 0.3) is 21.2 Å². The lowest BCUT2D eigenvalue weighted by Gasteiger charge is -2.28. The van der Waals surface area contributed by atoms with Crippen LogP contribution in [0.15, 0.2) is 60.1 Å². The average molecular weight is 512 g/mol. The third kappa shape index (κ3) is 6.29. The maximum absolute atomic E-state index is 12.4. The second kappa shape index (κ2) is 11.5. The molecule has 0 aliphatic rings. The van der Waals surface area contributed by atoms with Gasteiger partial charge in [-0.05, 0) is 75.4 Å². The Morgan fingerprint density at radius 2 is 1.76 bits per heavy atom. The van der Waals surface area contributed by atoms with E-state index in [0.29, 0.717) is 30.1 Å². The van der Waals surface area contributed by atoms with Crippen molar-refractivity contribution in [3.8, 4) is 23.0 Å². The van der Waals surface area contributed by atoms with Crippen molar-refractivity contribution >= 4 is 44.6 Å². The summed E-state index contributed by atoms with van der Waals surface area (Å²) >= 11 is 1.62. The molecule has 2 heterocycles. The van der Waals surface area contributed by atoms with Gasteiger partial charge in [-0.3, -0.25) is 4.90 Å². The number of benzene rings is 2. The summed E-state index contributed by atoms with van der Waals surface area (Å²) in [5.74, 6) is 7.14. The fourth-order valence-corrected chi connectivity index (χ4v) is 5.36. The van der Waals surface area contributed by atoms with Gasteiger partial charge in [-0.2, -0.15) is 0 Å². The monoisotopic (exact) mass is 511 g/mol. The second-order valence-corrected chi connectivity index (χ2v) is 10.5. The number of rotatable bonds is 6. The van der Waals surface area contributed by atoms with Gasteiger partial charge in [0.2, 0.25) is 0 Å². The van der Waals surface area contributed by atoms with Crippen LogP contribution in [0.2, 0.25) is 0 Å². The number of nitrogens with two attached hydrogens (primary N) is 1. The molecular weight excluding hydrogens is 478 g/mol. The number of pyridine rings is 1. The van der Waals surface area contributed by atoms with Crippen LogP contribution < -0.4 is 16.4 Å². The Balaban J connectivity index is 1.53. The smallest absolute Gasteiger partial charge is 0.323 e. The Kier molecular flexibility index (Phi) is 8.12. The standard InChI is InChI=1S/C30H33N5OS/c1-19(2)35(20(3)4)15-7-9-23-17-32-29(31)27-26(18-37-28(23)27)22-11-13-24(14-12-22)33-30(36)34-25-10-6-8-21(5)16-25/h6,8,10-14,16-20H,15H2,1-5H3,(H2,31,32)(H2,33,34,36). The lowest BCUT2D eigenvalue weighted by Crippen LogP contribution is -2.37. The summed E-state index contributed by atoms with van der Waals surface area (Å²) in [7, 11) is 0. The highest BCUT2D eigenvalue weighted by Gasteiger charge is 2.15. The van der Waals surface area contributed by atoms with Crippen LogP contribution in [-0.4, -0.2) is 34.5 Å². The van der Waals surface area contributed by atoms with Gasteiger partial charge in [-0.15, -0.1) is 11.3 Å². The van der Waals surface area contributed by atoms with Gasteiger partial charge in [-0.1, -0.05) is 36.1 Å². The first-order chi connectivity index (χ1) is 17.7. The Labute approximate surface area is 222 Å². The summed E-state index contributed by atoms with van der Waals surface area (Å²) < 4.78 is 1.04. The molecule has 0 saturated heterocycles. The maximum Gasteiger partial charge on any atom is 0.323 e. The number of nitrogens with one attached hydrogen (secondary N) is 2. The number of hydrogen-bond donors (Lipinski definition) is 3. The van der Waals surface area contributed by atoms with E-state index < -0.39 is 0 Å². The van der Waals surface area contributed by atoms with Crippen molar-refractivity contribution in [2.24, 2.45) is 0 Å². The number of fused-ring (bicyclic) bond motifs is 1. The first-order valence-corrected chi connectivity index (χ1v) is 13.3. The highest BCUT2D eigenvalue weighted by Crippen LogP contribution is 2.38. The van der Waals surface area contributed by atoms with Crippen molar-refractivity contribution in [1.82, 2.24) is 9.88 Å². The average Bonchev–Trinajstić information content (AvgIpc) is 3.29. The van der Waals surface area contributed by atoms with Gasteiger partial charge in [0, 0.05) is 40.6 Å². The summed E-state index contributed by atoms with van der Waals surface area (Å²) in [5, 5.41) is 8.75. The summed E-state index contributed by atoms with van der Waals surface area (Å²) in [6.45, 7) is 11.4. The molecule has 7 heteroatoms. The predicted molar refractivity (Wildman–Crippen MR) is 157 cm³/mol. The van der Waals surface area contributed by atoms with Crippen molar-refractivity contribution in [3.63, 3.8) is 0 Å². The number of aromatic nitrogens is 1. The quantitative estimate of drug-likeness (QED) is 0.244. The van der Waals surface area contributed by atoms with E-state index in [-0.39, 0.29) is 6.03 Å². The normalized spacial score (nSPS) is 11.1. The molecule has 190 valence electrons. The molecule has 0 saturated carbocycles. The van der Waals surface area contributed by atoms with E-state index in [1.54, 1.807) is 17.5 Å². The topological polar surface area (TPSA) is 83.3 Å². The first kappa shape index (κ1) is 26.2. The minimum atomic E-state index is -0.288. The fraction of sp³-hybridized carbons (Fsp3) is 0.267. The highest BCUT2D eigenvalue weighted by molar-refractivity contribution is 7.18. The van der Waals surface area contributed by atoms with E-state index in [1.165, 1.54) is 0 Å². The third-order valence-electron chi connectivity index (χ3n) is 6.17. The molecule has 37 heavy (non-hydrogen) atoms. The zero-order chi connectivity index (χ0) is 26.5. The van der Waals surface area contributed by atoms with Crippen molar-refractivity contribution in [3.05, 3.63) is 71.2 Å². The lowest BCUT2D eigenvalue weighted by atomic mass is 10.0. The van der Waals surface area contributed by atoms with Crippen LogP contribution in [-0.2, 0) is 0 Å². The second-order valence-electron chi connectivity index (χ2n) is 9.60. The van der Waals surface area contributed by atoms with Crippen molar-refractivity contribution in [2.45, 2.75) is 46.7 Å². The van der Waals surface area contributed by atoms with Gasteiger partial charge >= 0.3 is 6.03 Å². The van der Waals surface area contributed by atoms with Gasteiger partial charge in [0.1, 0.15) is 5.82 Å². The number of aryl methyl sites for hydroxylation is 1. The van der Waals surface area contributed by atoms with E-state index in [9.17, 15) is 4.79 Å². The Hall–Kier alpha value is -3.86. The van der Waals surface area contributed by atoms with Gasteiger partial charge in [0.05, 0.1) is 16.8 Å². The van der Waals surface area contributed by atoms with Crippen molar-refractivity contribution in [1.29, 1.82) is 0 Å². The van der Waals surface area contributed by atoms with Crippen molar-refractivity contribution in [2.75, 3.05) is 22.9 Å². The predicted octanol–water partition coefficient (Wildman–Crippen LogP) is 6.97. The summed E-state index contributed by atoms with van der Waals surface area (Å²) in [6, 6.07) is 16.0. The molecule has 0 radical (unpaired) electrons. The molecule has 2 aromatic carbocycles. The fourth-order valence-electron chi connectivity index (χ4n) is 4.31. The molecule has 0 spiro atoms. The number of carbonyl (C=O) groups is 1. The molecule has 0 fully saturated rings. The van der Waals surface area contributed by atoms with Crippen LogP contribution in [0, 0.1) is 18.8 Å². The zero-order valence-corrected chi connectivity index (χ0v) is 22.7. The molecule has 4 aromatic rings. The summed E-state index contributed by atoms with van der Waals surface area (Å²) in [4.78, 5) is 19.2. The molecule has 0 unspecified atom stereocenters. The van der Waals surface area contributed by atoms with Crippen molar-refractivity contribution < 1.29 is 4.79 Å². The van der Waals surface area contributed by atoms with Gasteiger partial charge < -0.3 is 16.4 Å². The third-order valence-corrected chi connectivity index (χ3v) is 7.18. The lowest BCUT2D eigenvalue weighted by molar-refractivity contribution is 0.200. The van der Waals surface area contributed by atoms with Gasteiger partial charge in [-0.25, -0.2) is 9.78 Å². The van der Waals surface area contributed by atoms with E-state index in [0.717, 1.165) is 38.0 Å². The molecule has 0 aliphatic heterocycles. The Morgan fingerprint density at radius 3 is 2.43 bits per heavy atom. The van der Waals surface area contributed by atoms with Crippen LogP contribution in [0.3, 0.4) is 0 Å². The molecule has 2 aromatic heterocycles. The first-order valence-electron chi connectivity index (χ1n) is 12.4. The zero-order valence-electron chi connectivity index (χ0n) is 21.9. The van der Waals surface area contributed by atoms with E-state index in [2.05, 4.69) is 65.4 Å². The van der Waals surface area contributed by atoms with Crippen LogP contribution in [0.5, 0.6) is 0 Å². The van der Waals surface area contributed by atoms with E-state index >= 15 is 0 Å². The molecule has 0 aliphatic carbocycles. The number of hydrogen-bond acceptors (Lipinski definition) is 5. The number of urea groups is 1. The number of carbonyl (C=O) groups excluding carboxylic acids is 1. The molecule has 6 nitrogen and oxygen atoms in total. The minimum absolute atomic E-state index is 0.288. The highest BCUT2D eigenvalue weighted by atomic mass is 32.1. The molecule has 0 atom stereocenters. The number of amides is 2. The number of anilines is 3. The Bertz CT molecular complexity index is 1450. The molecule has 4 rings (SSSR count). The van der Waals surface area contributed by atoms with Crippen LogP contribution in [0.1, 0.15) is 38.8 Å². The number of nitrogens with zero attached hydrogens (tertiary/aromatic N) is 2. The molecule has 4 N–H and O–H groups in total. The SMILES string of the molecule is Cc1cccc(NC(=O)Nc2ccc(-c3csc4c(C#CCN(C(C)C)C(C)C)cnc(N)c34)cc2)c1. The van der Waals surface area contributed by atoms with Crippen LogP contribution in [0.4, 0.5) is 22.0 Å². The molecular formula is C30H33N5OS. The molecule has 0 bridgehead atoms. The largest absolute Gasteiger partial charge is 0.383 e. The minimum Gasteiger partial charge on any atom is -0.383 e. The number of thiophene rings is 1. The van der Waals surface area contributed by atoms with Crippen LogP contribution >= 0.6 is 11.3 Å². The maximum atomic E-state index is 12.4. The number of nitrogen functional groups attached to an aromatic ring is 1. The van der Waals surface area contributed by atoms with E-state index in [4.69, 9.17) is 5.73 Å². The summed E-state index contributed by atoms with van der Waals surface area (Å²) in [5.41, 5.74) is 11.8. The molecule has 2 amide bonds. The van der Waals surface area contributed by atoms with E-state index in [1.807, 2.05) is 55.5 Å². The Morgan fingerprint density at radius 1 is 1.05 bits per heavy atom.